The van der Waals surface area contributed by atoms with Crippen molar-refractivity contribution in [2.75, 3.05) is 12.4 Å². The van der Waals surface area contributed by atoms with Gasteiger partial charge in [-0.3, -0.25) is 4.79 Å². The van der Waals surface area contributed by atoms with Gasteiger partial charge in [0.2, 0.25) is 5.91 Å². The molecular formula is C14H15BrFNO3. The molecule has 0 radical (unpaired) electrons. The molecule has 1 saturated carbocycles. The van der Waals surface area contributed by atoms with Crippen LogP contribution in [0.4, 0.5) is 10.1 Å². The Kier molecular flexibility index (Phi) is 4.42. The highest BCUT2D eigenvalue weighted by Crippen LogP contribution is 2.34. The molecular weight excluding hydrogens is 329 g/mol. The number of benzene rings is 1. The minimum absolute atomic E-state index is 0.0230. The van der Waals surface area contributed by atoms with Gasteiger partial charge in [0.1, 0.15) is 5.82 Å². The zero-order valence-corrected chi connectivity index (χ0v) is 12.8. The number of methoxy groups -OCH3 is 1. The quantitative estimate of drug-likeness (QED) is 0.852. The van der Waals surface area contributed by atoms with Gasteiger partial charge in [-0.15, -0.1) is 0 Å². The molecule has 1 amide bonds. The summed E-state index contributed by atoms with van der Waals surface area (Å²) in [6.45, 7) is 1.63. The van der Waals surface area contributed by atoms with E-state index in [0.717, 1.165) is 18.9 Å². The molecule has 0 atom stereocenters. The lowest BCUT2D eigenvalue weighted by atomic mass is 10.1. The van der Waals surface area contributed by atoms with E-state index >= 15 is 0 Å². The van der Waals surface area contributed by atoms with Gasteiger partial charge in [-0.05, 0) is 53.2 Å². The summed E-state index contributed by atoms with van der Waals surface area (Å²) in [7, 11) is 1.22. The van der Waals surface area contributed by atoms with E-state index in [1.54, 1.807) is 6.92 Å². The fraction of sp³-hybridized carbons (Fsp3) is 0.429. The van der Waals surface area contributed by atoms with E-state index in [9.17, 15) is 14.0 Å². The van der Waals surface area contributed by atoms with E-state index in [1.165, 1.54) is 7.11 Å². The van der Waals surface area contributed by atoms with Crippen LogP contribution >= 0.6 is 15.9 Å². The van der Waals surface area contributed by atoms with Crippen molar-refractivity contribution >= 4 is 33.5 Å². The molecule has 0 saturated heterocycles. The van der Waals surface area contributed by atoms with Crippen molar-refractivity contribution in [3.05, 3.63) is 27.5 Å². The molecule has 4 nitrogen and oxygen atoms in total. The first kappa shape index (κ1) is 15.0. The summed E-state index contributed by atoms with van der Waals surface area (Å²) in [5.74, 6) is -0.982. The van der Waals surface area contributed by atoms with Crippen LogP contribution in [0.2, 0.25) is 0 Å². The fourth-order valence-corrected chi connectivity index (χ4v) is 2.27. The number of halogens is 2. The van der Waals surface area contributed by atoms with Gasteiger partial charge in [0, 0.05) is 6.42 Å². The molecule has 1 fully saturated rings. The number of nitrogens with one attached hydrogen (secondary N) is 1. The Labute approximate surface area is 124 Å². The van der Waals surface area contributed by atoms with Crippen LogP contribution in [0.25, 0.3) is 0 Å². The topological polar surface area (TPSA) is 55.4 Å². The van der Waals surface area contributed by atoms with Crippen LogP contribution in [0, 0.1) is 18.7 Å². The summed E-state index contributed by atoms with van der Waals surface area (Å²) in [6.07, 6.45) is 2.54. The third-order valence-corrected chi connectivity index (χ3v) is 4.27. The first-order chi connectivity index (χ1) is 9.43. The van der Waals surface area contributed by atoms with Gasteiger partial charge in [-0.2, -0.15) is 0 Å². The smallest absolute Gasteiger partial charge is 0.340 e. The van der Waals surface area contributed by atoms with Crippen LogP contribution < -0.4 is 5.32 Å². The molecule has 108 valence electrons. The number of ether oxygens (including phenoxy) is 1. The lowest BCUT2D eigenvalue weighted by Crippen LogP contribution is -2.17. The monoisotopic (exact) mass is 343 g/mol. The summed E-state index contributed by atoms with van der Waals surface area (Å²) < 4.78 is 18.6. The second kappa shape index (κ2) is 5.91. The largest absolute Gasteiger partial charge is 0.465 e. The predicted molar refractivity (Wildman–Crippen MR) is 76.1 cm³/mol. The molecule has 1 N–H and O–H groups in total. The Morgan fingerprint density at radius 3 is 2.70 bits per heavy atom. The van der Waals surface area contributed by atoms with Crippen molar-refractivity contribution < 1.29 is 18.7 Å². The molecule has 0 bridgehead atoms. The Bertz CT molecular complexity index is 570. The Hall–Kier alpha value is -1.43. The minimum Gasteiger partial charge on any atom is -0.465 e. The van der Waals surface area contributed by atoms with Crippen LogP contribution in [0.15, 0.2) is 10.5 Å². The maximum absolute atomic E-state index is 13.7. The van der Waals surface area contributed by atoms with E-state index in [0.29, 0.717) is 23.6 Å². The standard InChI is InChI=1S/C14H15BrFNO3/c1-7-12(15)10(16)6-9(14(19)20-2)13(7)17-11(18)5-8-3-4-8/h6,8H,3-5H2,1-2H3,(H,17,18). The van der Waals surface area contributed by atoms with E-state index in [-0.39, 0.29) is 15.9 Å². The average molecular weight is 344 g/mol. The molecule has 0 aliphatic heterocycles. The SMILES string of the molecule is COC(=O)c1cc(F)c(Br)c(C)c1NC(=O)CC1CC1. The van der Waals surface area contributed by atoms with Gasteiger partial charge in [-0.1, -0.05) is 0 Å². The van der Waals surface area contributed by atoms with Crippen molar-refractivity contribution in [3.63, 3.8) is 0 Å². The summed E-state index contributed by atoms with van der Waals surface area (Å²) >= 11 is 3.11. The van der Waals surface area contributed by atoms with Crippen molar-refractivity contribution in [2.24, 2.45) is 5.92 Å². The number of carbonyl (C=O) groups is 2. The number of anilines is 1. The van der Waals surface area contributed by atoms with E-state index in [4.69, 9.17) is 0 Å². The van der Waals surface area contributed by atoms with E-state index < -0.39 is 11.8 Å². The number of hydrogen-bond donors (Lipinski definition) is 1. The number of hydrogen-bond acceptors (Lipinski definition) is 3. The maximum Gasteiger partial charge on any atom is 0.340 e. The Morgan fingerprint density at radius 2 is 2.15 bits per heavy atom. The highest BCUT2D eigenvalue weighted by atomic mass is 79.9. The molecule has 1 aliphatic rings. The summed E-state index contributed by atoms with van der Waals surface area (Å²) in [4.78, 5) is 23.6. The molecule has 0 unspecified atom stereocenters. The number of rotatable bonds is 4. The van der Waals surface area contributed by atoms with Crippen molar-refractivity contribution in [1.29, 1.82) is 0 Å². The molecule has 1 aromatic rings. The van der Waals surface area contributed by atoms with Crippen LogP contribution in [0.5, 0.6) is 0 Å². The van der Waals surface area contributed by atoms with Crippen LogP contribution in [0.1, 0.15) is 35.2 Å². The van der Waals surface area contributed by atoms with Crippen LogP contribution in [-0.2, 0) is 9.53 Å². The van der Waals surface area contributed by atoms with Gasteiger partial charge in [0.15, 0.2) is 0 Å². The third-order valence-electron chi connectivity index (χ3n) is 3.30. The van der Waals surface area contributed by atoms with Crippen LogP contribution in [-0.4, -0.2) is 19.0 Å². The average Bonchev–Trinajstić information content (AvgIpc) is 3.22. The first-order valence-electron chi connectivity index (χ1n) is 6.30. The molecule has 2 rings (SSSR count). The predicted octanol–water partition coefficient (Wildman–Crippen LogP) is 3.42. The number of carbonyl (C=O) groups excluding carboxylic acids is 2. The Balaban J connectivity index is 2.34. The lowest BCUT2D eigenvalue weighted by Gasteiger charge is -2.14. The zero-order valence-electron chi connectivity index (χ0n) is 11.3. The lowest BCUT2D eigenvalue weighted by molar-refractivity contribution is -0.116. The number of amides is 1. The number of esters is 1. The van der Waals surface area contributed by atoms with E-state index in [1.807, 2.05) is 0 Å². The van der Waals surface area contributed by atoms with Gasteiger partial charge in [0.25, 0.3) is 0 Å². The molecule has 0 heterocycles. The fourth-order valence-electron chi connectivity index (χ4n) is 1.96. The van der Waals surface area contributed by atoms with Gasteiger partial charge in [0.05, 0.1) is 22.8 Å². The summed E-state index contributed by atoms with van der Waals surface area (Å²) in [5.41, 5.74) is 0.792. The van der Waals surface area contributed by atoms with Gasteiger partial charge < -0.3 is 10.1 Å². The third kappa shape index (κ3) is 3.17. The molecule has 1 aromatic carbocycles. The summed E-state index contributed by atoms with van der Waals surface area (Å²) in [6, 6.07) is 1.07. The first-order valence-corrected chi connectivity index (χ1v) is 7.10. The highest BCUT2D eigenvalue weighted by Gasteiger charge is 2.26. The Morgan fingerprint density at radius 1 is 1.50 bits per heavy atom. The van der Waals surface area contributed by atoms with Crippen molar-refractivity contribution in [1.82, 2.24) is 0 Å². The zero-order chi connectivity index (χ0) is 14.9. The molecule has 0 aromatic heterocycles. The van der Waals surface area contributed by atoms with Crippen molar-refractivity contribution in [3.8, 4) is 0 Å². The molecule has 0 spiro atoms. The van der Waals surface area contributed by atoms with E-state index in [2.05, 4.69) is 26.0 Å². The maximum atomic E-state index is 13.7. The second-order valence-electron chi connectivity index (χ2n) is 4.91. The molecule has 6 heteroatoms. The minimum atomic E-state index is -0.679. The normalized spacial score (nSPS) is 14.0. The van der Waals surface area contributed by atoms with Gasteiger partial charge in [-0.25, -0.2) is 9.18 Å². The molecule has 20 heavy (non-hydrogen) atoms. The molecule has 1 aliphatic carbocycles. The van der Waals surface area contributed by atoms with Crippen molar-refractivity contribution in [2.45, 2.75) is 26.2 Å². The summed E-state index contributed by atoms with van der Waals surface area (Å²) in [5, 5.41) is 2.70. The van der Waals surface area contributed by atoms with Crippen LogP contribution in [0.3, 0.4) is 0 Å². The highest BCUT2D eigenvalue weighted by molar-refractivity contribution is 9.10. The second-order valence-corrected chi connectivity index (χ2v) is 5.70. The van der Waals surface area contributed by atoms with Gasteiger partial charge >= 0.3 is 5.97 Å².